The van der Waals surface area contributed by atoms with Gasteiger partial charge in [0.2, 0.25) is 0 Å². The third-order valence-electron chi connectivity index (χ3n) is 4.93. The molecule has 0 radical (unpaired) electrons. The Morgan fingerprint density at radius 2 is 1.52 bits per heavy atom. The highest BCUT2D eigenvalue weighted by Gasteiger charge is 2.21. The molecular formula is C24H22N2O5. The number of nitrogens with zero attached hydrogens (tertiary/aromatic N) is 1. The highest BCUT2D eigenvalue weighted by molar-refractivity contribution is 5.96. The molecule has 1 amide bonds. The van der Waals surface area contributed by atoms with Crippen LogP contribution in [0.1, 0.15) is 27.0 Å². The Hall–Kier alpha value is -4.00. The number of amides is 1. The number of hydrogen-bond donors (Lipinski definition) is 2. The highest BCUT2D eigenvalue weighted by Crippen LogP contribution is 2.16. The van der Waals surface area contributed by atoms with Gasteiger partial charge in [0, 0.05) is 24.1 Å². The summed E-state index contributed by atoms with van der Waals surface area (Å²) in [6, 6.07) is 21.5. The Labute approximate surface area is 179 Å². The first-order valence-corrected chi connectivity index (χ1v) is 9.82. The van der Waals surface area contributed by atoms with Crippen LogP contribution in [0, 0.1) is 10.1 Å². The molecule has 0 bridgehead atoms. The van der Waals surface area contributed by atoms with E-state index in [0.717, 1.165) is 16.7 Å². The monoisotopic (exact) mass is 418 g/mol. The Morgan fingerprint density at radius 3 is 2.16 bits per heavy atom. The molecule has 3 aromatic rings. The number of non-ortho nitro benzene ring substituents is 1. The van der Waals surface area contributed by atoms with E-state index in [9.17, 15) is 24.8 Å². The van der Waals surface area contributed by atoms with Gasteiger partial charge in [-0.1, -0.05) is 54.6 Å². The van der Waals surface area contributed by atoms with Crippen LogP contribution in [0.4, 0.5) is 5.69 Å². The van der Waals surface area contributed by atoms with Gasteiger partial charge in [-0.25, -0.2) is 4.79 Å². The quantitative estimate of drug-likeness (QED) is 0.406. The predicted molar refractivity (Wildman–Crippen MR) is 116 cm³/mol. The Balaban J connectivity index is 1.59. The van der Waals surface area contributed by atoms with Crippen molar-refractivity contribution in [1.82, 2.24) is 5.32 Å². The van der Waals surface area contributed by atoms with Crippen molar-refractivity contribution >= 4 is 17.6 Å². The molecule has 0 aliphatic heterocycles. The zero-order valence-electron chi connectivity index (χ0n) is 16.7. The Kier molecular flexibility index (Phi) is 7.11. The van der Waals surface area contributed by atoms with Crippen molar-refractivity contribution in [3.8, 4) is 0 Å². The molecule has 158 valence electrons. The fourth-order valence-corrected chi connectivity index (χ4v) is 3.23. The molecule has 3 rings (SSSR count). The number of carboxylic acid groups (broad SMARTS) is 1. The zero-order valence-corrected chi connectivity index (χ0v) is 16.7. The van der Waals surface area contributed by atoms with Gasteiger partial charge in [0.1, 0.15) is 6.04 Å². The smallest absolute Gasteiger partial charge is 0.326 e. The third-order valence-corrected chi connectivity index (χ3v) is 4.93. The van der Waals surface area contributed by atoms with Gasteiger partial charge in [-0.15, -0.1) is 0 Å². The summed E-state index contributed by atoms with van der Waals surface area (Å²) in [5, 5.41) is 22.9. The molecule has 0 spiro atoms. The number of carboxylic acids is 1. The number of nitro groups is 1. The molecule has 31 heavy (non-hydrogen) atoms. The maximum Gasteiger partial charge on any atom is 0.326 e. The number of carbonyl (C=O) groups excluding carboxylic acids is 1. The third kappa shape index (κ3) is 6.24. The summed E-state index contributed by atoms with van der Waals surface area (Å²) in [6.07, 6.45) is 1.49. The molecule has 1 atom stereocenters. The van der Waals surface area contributed by atoms with E-state index in [4.69, 9.17) is 0 Å². The van der Waals surface area contributed by atoms with Crippen LogP contribution in [0.2, 0.25) is 0 Å². The van der Waals surface area contributed by atoms with Gasteiger partial charge in [0.15, 0.2) is 0 Å². The van der Waals surface area contributed by atoms with Gasteiger partial charge in [-0.3, -0.25) is 14.9 Å². The van der Waals surface area contributed by atoms with Crippen molar-refractivity contribution in [2.75, 3.05) is 0 Å². The minimum atomic E-state index is -1.09. The lowest BCUT2D eigenvalue weighted by atomic mass is 10.0. The second-order valence-corrected chi connectivity index (χ2v) is 7.18. The molecule has 3 aromatic carbocycles. The van der Waals surface area contributed by atoms with Gasteiger partial charge in [0.25, 0.3) is 11.6 Å². The van der Waals surface area contributed by atoms with Crippen LogP contribution in [0.3, 0.4) is 0 Å². The summed E-state index contributed by atoms with van der Waals surface area (Å²) in [4.78, 5) is 34.5. The number of nitrogens with one attached hydrogen (secondary N) is 1. The van der Waals surface area contributed by atoms with Crippen molar-refractivity contribution < 1.29 is 19.6 Å². The fraction of sp³-hybridized carbons (Fsp3) is 0.167. The van der Waals surface area contributed by atoms with Crippen molar-refractivity contribution in [2.24, 2.45) is 0 Å². The van der Waals surface area contributed by atoms with Gasteiger partial charge >= 0.3 is 5.97 Å². The summed E-state index contributed by atoms with van der Waals surface area (Å²) in [5.41, 5.74) is 3.10. The standard InChI is InChI=1S/C24H22N2O5/c27-23(25-22(24(28)29)16-18-5-2-1-3-6-18)20-13-11-17(12-14-20)9-10-19-7-4-8-21(15-19)26(30)31/h1-8,11-15,22H,9-10,16H2,(H,25,27)(H,28,29)/t22-/m0/s1. The van der Waals surface area contributed by atoms with Crippen molar-refractivity contribution in [2.45, 2.75) is 25.3 Å². The molecule has 0 aliphatic rings. The second kappa shape index (κ2) is 10.2. The lowest BCUT2D eigenvalue weighted by Gasteiger charge is -2.15. The first-order chi connectivity index (χ1) is 14.9. The highest BCUT2D eigenvalue weighted by atomic mass is 16.6. The number of hydrogen-bond acceptors (Lipinski definition) is 4. The minimum absolute atomic E-state index is 0.0630. The molecule has 0 aliphatic carbocycles. The van der Waals surface area contributed by atoms with E-state index in [0.29, 0.717) is 18.4 Å². The van der Waals surface area contributed by atoms with Crippen molar-refractivity contribution in [3.63, 3.8) is 0 Å². The molecule has 0 saturated carbocycles. The lowest BCUT2D eigenvalue weighted by molar-refractivity contribution is -0.384. The van der Waals surface area contributed by atoms with E-state index in [1.54, 1.807) is 36.4 Å². The molecule has 0 fully saturated rings. The van der Waals surface area contributed by atoms with E-state index in [1.165, 1.54) is 6.07 Å². The first-order valence-electron chi connectivity index (χ1n) is 9.82. The number of aryl methyl sites for hydroxylation is 2. The van der Waals surface area contributed by atoms with E-state index < -0.39 is 22.8 Å². The maximum atomic E-state index is 12.5. The molecule has 0 unspecified atom stereocenters. The van der Waals surface area contributed by atoms with Gasteiger partial charge in [-0.05, 0) is 41.7 Å². The van der Waals surface area contributed by atoms with Gasteiger partial charge in [-0.2, -0.15) is 0 Å². The van der Waals surface area contributed by atoms with E-state index >= 15 is 0 Å². The van der Waals surface area contributed by atoms with E-state index in [2.05, 4.69) is 5.32 Å². The molecule has 0 heterocycles. The Morgan fingerprint density at radius 1 is 0.871 bits per heavy atom. The number of nitro benzene ring substituents is 1. The zero-order chi connectivity index (χ0) is 22.2. The maximum absolute atomic E-state index is 12.5. The van der Waals surface area contributed by atoms with Crippen LogP contribution in [-0.4, -0.2) is 27.9 Å². The largest absolute Gasteiger partial charge is 0.480 e. The van der Waals surface area contributed by atoms with Crippen LogP contribution >= 0.6 is 0 Å². The van der Waals surface area contributed by atoms with Crippen molar-refractivity contribution in [1.29, 1.82) is 0 Å². The Bertz CT molecular complexity index is 1060. The lowest BCUT2D eigenvalue weighted by Crippen LogP contribution is -2.42. The van der Waals surface area contributed by atoms with Crippen LogP contribution in [0.5, 0.6) is 0 Å². The van der Waals surface area contributed by atoms with Gasteiger partial charge in [0.05, 0.1) is 4.92 Å². The number of rotatable bonds is 9. The molecular weight excluding hydrogens is 396 g/mol. The van der Waals surface area contributed by atoms with Crippen LogP contribution in [0.15, 0.2) is 78.9 Å². The van der Waals surface area contributed by atoms with Crippen molar-refractivity contribution in [3.05, 3.63) is 111 Å². The fourth-order valence-electron chi connectivity index (χ4n) is 3.23. The van der Waals surface area contributed by atoms with Crippen LogP contribution in [0.25, 0.3) is 0 Å². The SMILES string of the molecule is O=C(N[C@@H](Cc1ccccc1)C(=O)O)c1ccc(CCc2cccc([N+](=O)[O-])c2)cc1. The minimum Gasteiger partial charge on any atom is -0.480 e. The number of aliphatic carboxylic acids is 1. The molecule has 7 nitrogen and oxygen atoms in total. The number of carbonyl (C=O) groups is 2. The summed E-state index contributed by atoms with van der Waals surface area (Å²) in [6.45, 7) is 0. The average Bonchev–Trinajstić information content (AvgIpc) is 2.78. The van der Waals surface area contributed by atoms with E-state index in [1.807, 2.05) is 36.4 Å². The summed E-state index contributed by atoms with van der Waals surface area (Å²) >= 11 is 0. The second-order valence-electron chi connectivity index (χ2n) is 7.18. The van der Waals surface area contributed by atoms with Crippen LogP contribution < -0.4 is 5.32 Å². The topological polar surface area (TPSA) is 110 Å². The molecule has 0 saturated heterocycles. The predicted octanol–water partition coefficient (Wildman–Crippen LogP) is 3.81. The average molecular weight is 418 g/mol. The summed E-state index contributed by atoms with van der Waals surface area (Å²) in [7, 11) is 0. The summed E-state index contributed by atoms with van der Waals surface area (Å²) < 4.78 is 0. The number of benzene rings is 3. The summed E-state index contributed by atoms with van der Waals surface area (Å²) in [5.74, 6) is -1.54. The molecule has 0 aromatic heterocycles. The first kappa shape index (κ1) is 21.7. The van der Waals surface area contributed by atoms with Crippen LogP contribution in [-0.2, 0) is 24.1 Å². The van der Waals surface area contributed by atoms with E-state index in [-0.39, 0.29) is 12.1 Å². The molecule has 7 heteroatoms. The normalized spacial score (nSPS) is 11.5. The van der Waals surface area contributed by atoms with Gasteiger partial charge < -0.3 is 10.4 Å². The molecule has 2 N–H and O–H groups in total.